The van der Waals surface area contributed by atoms with E-state index in [1.165, 1.54) is 12.8 Å². The van der Waals surface area contributed by atoms with E-state index in [0.717, 1.165) is 68.5 Å². The van der Waals surface area contributed by atoms with Crippen molar-refractivity contribution in [1.82, 2.24) is 15.5 Å². The number of para-hydroxylation sites is 1. The van der Waals surface area contributed by atoms with Gasteiger partial charge in [-0.3, -0.25) is 4.99 Å². The van der Waals surface area contributed by atoms with Crippen LogP contribution in [0.3, 0.4) is 0 Å². The topological polar surface area (TPSA) is 67.4 Å². The summed E-state index contributed by atoms with van der Waals surface area (Å²) in [5, 5.41) is 6.97. The second kappa shape index (κ2) is 10.9. The number of ether oxygens (including phenoxy) is 3. The van der Waals surface area contributed by atoms with Crippen molar-refractivity contribution in [3.05, 3.63) is 23.8 Å². The third kappa shape index (κ3) is 5.58. The van der Waals surface area contributed by atoms with Crippen LogP contribution >= 0.6 is 0 Å². The standard InChI is InChI=1S/C23H38N4O3/c1-24-22(26-17-23(27(2)3)12-14-29-15-13-23)25-16-18-8-7-11-20(28-4)21(18)30-19-9-5-6-10-19/h7-8,11,19H,5-6,9-10,12-17H2,1-4H3,(H2,24,25,26). The minimum Gasteiger partial charge on any atom is -0.493 e. The van der Waals surface area contributed by atoms with Crippen LogP contribution in [-0.4, -0.2) is 70.5 Å². The Morgan fingerprint density at radius 1 is 1.20 bits per heavy atom. The fourth-order valence-corrected chi connectivity index (χ4v) is 4.35. The molecule has 0 spiro atoms. The molecule has 7 nitrogen and oxygen atoms in total. The number of aliphatic imine (C=N–C) groups is 1. The van der Waals surface area contributed by atoms with Gasteiger partial charge < -0.3 is 29.7 Å². The quantitative estimate of drug-likeness (QED) is 0.500. The van der Waals surface area contributed by atoms with Gasteiger partial charge in [-0.1, -0.05) is 12.1 Å². The van der Waals surface area contributed by atoms with Crippen LogP contribution in [0.25, 0.3) is 0 Å². The zero-order chi connectivity index (χ0) is 21.4. The number of rotatable bonds is 8. The number of nitrogens with one attached hydrogen (secondary N) is 2. The van der Waals surface area contributed by atoms with Crippen LogP contribution in [0.2, 0.25) is 0 Å². The summed E-state index contributed by atoms with van der Waals surface area (Å²) in [5.41, 5.74) is 1.17. The molecule has 1 aliphatic heterocycles. The van der Waals surface area contributed by atoms with Crippen molar-refractivity contribution in [2.24, 2.45) is 4.99 Å². The largest absolute Gasteiger partial charge is 0.493 e. The fourth-order valence-electron chi connectivity index (χ4n) is 4.35. The van der Waals surface area contributed by atoms with Gasteiger partial charge in [0.2, 0.25) is 0 Å². The van der Waals surface area contributed by atoms with E-state index in [9.17, 15) is 0 Å². The van der Waals surface area contributed by atoms with Gasteiger partial charge >= 0.3 is 0 Å². The molecule has 3 rings (SSSR count). The number of guanidine groups is 1. The number of hydrogen-bond acceptors (Lipinski definition) is 5. The molecule has 2 aliphatic rings. The molecule has 7 heteroatoms. The first-order valence-electron chi connectivity index (χ1n) is 11.1. The molecule has 30 heavy (non-hydrogen) atoms. The predicted molar refractivity (Wildman–Crippen MR) is 121 cm³/mol. The highest BCUT2D eigenvalue weighted by Gasteiger charge is 2.34. The summed E-state index contributed by atoms with van der Waals surface area (Å²) in [5.74, 6) is 2.43. The molecule has 168 valence electrons. The maximum Gasteiger partial charge on any atom is 0.191 e. The third-order valence-electron chi connectivity index (χ3n) is 6.49. The Morgan fingerprint density at radius 2 is 1.93 bits per heavy atom. The van der Waals surface area contributed by atoms with E-state index in [4.69, 9.17) is 14.2 Å². The van der Waals surface area contributed by atoms with Gasteiger partial charge in [0, 0.05) is 44.5 Å². The van der Waals surface area contributed by atoms with Gasteiger partial charge in [-0.2, -0.15) is 0 Å². The van der Waals surface area contributed by atoms with Crippen LogP contribution in [0, 0.1) is 0 Å². The van der Waals surface area contributed by atoms with Gasteiger partial charge in [0.15, 0.2) is 17.5 Å². The van der Waals surface area contributed by atoms with Crippen LogP contribution in [0.4, 0.5) is 0 Å². The molecular formula is C23H38N4O3. The zero-order valence-electron chi connectivity index (χ0n) is 19.0. The first-order valence-corrected chi connectivity index (χ1v) is 11.1. The minimum atomic E-state index is 0.0859. The lowest BCUT2D eigenvalue weighted by Gasteiger charge is -2.43. The normalized spacial score (nSPS) is 19.7. The molecule has 1 saturated heterocycles. The molecule has 1 aliphatic carbocycles. The lowest BCUT2D eigenvalue weighted by atomic mass is 9.88. The van der Waals surface area contributed by atoms with E-state index >= 15 is 0 Å². The fraction of sp³-hybridized carbons (Fsp3) is 0.696. The zero-order valence-corrected chi connectivity index (χ0v) is 19.0. The van der Waals surface area contributed by atoms with Gasteiger partial charge in [-0.05, 0) is 58.7 Å². The van der Waals surface area contributed by atoms with Gasteiger partial charge in [-0.25, -0.2) is 0 Å². The molecule has 1 aromatic carbocycles. The Kier molecular flexibility index (Phi) is 8.22. The van der Waals surface area contributed by atoms with Crippen LogP contribution in [-0.2, 0) is 11.3 Å². The van der Waals surface area contributed by atoms with Gasteiger partial charge in [-0.15, -0.1) is 0 Å². The second-order valence-electron chi connectivity index (χ2n) is 8.48. The molecular weight excluding hydrogens is 380 g/mol. The van der Waals surface area contributed by atoms with E-state index < -0.39 is 0 Å². The molecule has 0 atom stereocenters. The number of benzene rings is 1. The molecule has 1 aromatic rings. The van der Waals surface area contributed by atoms with E-state index in [1.54, 1.807) is 7.11 Å². The third-order valence-corrected chi connectivity index (χ3v) is 6.49. The van der Waals surface area contributed by atoms with Gasteiger partial charge in [0.25, 0.3) is 0 Å². The molecule has 0 unspecified atom stereocenters. The summed E-state index contributed by atoms with van der Waals surface area (Å²) in [6.45, 7) is 3.05. The van der Waals surface area contributed by atoms with Gasteiger partial charge in [0.1, 0.15) is 0 Å². The van der Waals surface area contributed by atoms with Crippen molar-refractivity contribution < 1.29 is 14.2 Å². The van der Waals surface area contributed by atoms with Crippen molar-refractivity contribution in [2.75, 3.05) is 48.0 Å². The maximum atomic E-state index is 6.35. The molecule has 0 radical (unpaired) electrons. The lowest BCUT2D eigenvalue weighted by Crippen LogP contribution is -2.57. The molecule has 2 fully saturated rings. The first kappa shape index (κ1) is 22.7. The molecule has 1 heterocycles. The Bertz CT molecular complexity index is 696. The van der Waals surface area contributed by atoms with E-state index in [0.29, 0.717) is 6.54 Å². The van der Waals surface area contributed by atoms with E-state index in [2.05, 4.69) is 40.7 Å². The van der Waals surface area contributed by atoms with E-state index in [1.807, 2.05) is 19.2 Å². The summed E-state index contributed by atoms with van der Waals surface area (Å²) in [6.07, 6.45) is 7.02. The number of hydrogen-bond donors (Lipinski definition) is 2. The second-order valence-corrected chi connectivity index (χ2v) is 8.48. The summed E-state index contributed by atoms with van der Waals surface area (Å²) < 4.78 is 17.5. The SMILES string of the molecule is CN=C(NCc1cccc(OC)c1OC1CCCC1)NCC1(N(C)C)CCOCC1. The Balaban J connectivity index is 1.63. The minimum absolute atomic E-state index is 0.0859. The van der Waals surface area contributed by atoms with E-state index in [-0.39, 0.29) is 11.6 Å². The van der Waals surface area contributed by atoms with Crippen molar-refractivity contribution >= 4 is 5.96 Å². The van der Waals surface area contributed by atoms with Crippen molar-refractivity contribution in [2.45, 2.75) is 56.7 Å². The van der Waals surface area contributed by atoms with Crippen molar-refractivity contribution in [1.29, 1.82) is 0 Å². The lowest BCUT2D eigenvalue weighted by molar-refractivity contribution is -0.00501. The first-order chi connectivity index (χ1) is 14.6. The average molecular weight is 419 g/mol. The molecule has 0 bridgehead atoms. The summed E-state index contributed by atoms with van der Waals surface area (Å²) in [7, 11) is 7.80. The van der Waals surface area contributed by atoms with Crippen LogP contribution in [0.1, 0.15) is 44.1 Å². The average Bonchev–Trinajstić information content (AvgIpc) is 3.28. The highest BCUT2D eigenvalue weighted by atomic mass is 16.5. The highest BCUT2D eigenvalue weighted by Crippen LogP contribution is 2.34. The predicted octanol–water partition coefficient (Wildman–Crippen LogP) is 2.79. The summed E-state index contributed by atoms with van der Waals surface area (Å²) in [6, 6.07) is 6.07. The Labute approximate surface area is 181 Å². The number of likely N-dealkylation sites (N-methyl/N-ethyl adjacent to an activating group) is 1. The summed E-state index contributed by atoms with van der Waals surface area (Å²) in [4.78, 5) is 6.74. The Morgan fingerprint density at radius 3 is 2.57 bits per heavy atom. The maximum absolute atomic E-state index is 6.35. The van der Waals surface area contributed by atoms with Gasteiger partial charge in [0.05, 0.1) is 13.2 Å². The monoisotopic (exact) mass is 418 g/mol. The van der Waals surface area contributed by atoms with Crippen molar-refractivity contribution in [3.63, 3.8) is 0 Å². The Hall–Kier alpha value is -1.99. The molecule has 1 saturated carbocycles. The highest BCUT2D eigenvalue weighted by molar-refractivity contribution is 5.79. The molecule has 2 N–H and O–H groups in total. The summed E-state index contributed by atoms with van der Waals surface area (Å²) >= 11 is 0. The number of methoxy groups -OCH3 is 1. The molecule has 0 aromatic heterocycles. The number of nitrogens with zero attached hydrogens (tertiary/aromatic N) is 2. The smallest absolute Gasteiger partial charge is 0.191 e. The van der Waals surface area contributed by atoms with Crippen LogP contribution in [0.5, 0.6) is 11.5 Å². The van der Waals surface area contributed by atoms with Crippen molar-refractivity contribution in [3.8, 4) is 11.5 Å². The van der Waals surface area contributed by atoms with Crippen LogP contribution in [0.15, 0.2) is 23.2 Å². The molecule has 0 amide bonds. The van der Waals surface area contributed by atoms with Crippen LogP contribution < -0.4 is 20.1 Å².